The first kappa shape index (κ1) is 10.4. The van der Waals surface area contributed by atoms with Gasteiger partial charge in [-0.15, -0.1) is 0 Å². The highest BCUT2D eigenvalue weighted by Crippen LogP contribution is 2.08. The number of rotatable bonds is 3. The summed E-state index contributed by atoms with van der Waals surface area (Å²) in [6, 6.07) is 0.675. The summed E-state index contributed by atoms with van der Waals surface area (Å²) in [5.74, 6) is 0. The van der Waals surface area contributed by atoms with E-state index in [-0.39, 0.29) is 0 Å². The van der Waals surface area contributed by atoms with Gasteiger partial charge in [-0.05, 0) is 14.0 Å². The average Bonchev–Trinajstić information content (AvgIpc) is 2.06. The number of piperazine rings is 1. The predicted molar refractivity (Wildman–Crippen MR) is 56.2 cm³/mol. The van der Waals surface area contributed by atoms with E-state index in [4.69, 9.17) is 0 Å². The zero-order valence-electron chi connectivity index (χ0n) is 8.08. The average molecular weight is 189 g/mol. The Hall–Kier alpha value is 0.310. The van der Waals surface area contributed by atoms with E-state index in [1.807, 2.05) is 7.05 Å². The van der Waals surface area contributed by atoms with Crippen molar-refractivity contribution in [1.29, 1.82) is 0 Å². The Balaban J connectivity index is 2.24. The zero-order valence-corrected chi connectivity index (χ0v) is 9.24. The Morgan fingerprint density at radius 2 is 1.92 bits per heavy atom. The number of hydrogen-bond acceptors (Lipinski definition) is 3. The van der Waals surface area contributed by atoms with Gasteiger partial charge in [-0.2, -0.15) is 0 Å². The van der Waals surface area contributed by atoms with Crippen molar-refractivity contribution in [2.24, 2.45) is 0 Å². The number of nitrogens with one attached hydrogen (secondary N) is 1. The summed E-state index contributed by atoms with van der Waals surface area (Å²) in [6.07, 6.45) is 0. The van der Waals surface area contributed by atoms with Gasteiger partial charge in [0.05, 0.1) is 0 Å². The highest BCUT2D eigenvalue weighted by molar-refractivity contribution is 7.13. The molecule has 4 heteroatoms. The predicted octanol–water partition coefficient (Wildman–Crippen LogP) is 0.00200. The molecule has 0 amide bonds. The summed E-state index contributed by atoms with van der Waals surface area (Å²) in [6.45, 7) is 8.14. The van der Waals surface area contributed by atoms with Crippen molar-refractivity contribution in [2.45, 2.75) is 13.0 Å². The molecule has 1 aliphatic rings. The van der Waals surface area contributed by atoms with E-state index in [1.165, 1.54) is 26.2 Å². The van der Waals surface area contributed by atoms with Crippen LogP contribution < -0.4 is 5.32 Å². The van der Waals surface area contributed by atoms with Crippen LogP contribution in [-0.4, -0.2) is 55.4 Å². The molecule has 1 heterocycles. The lowest BCUT2D eigenvalue weighted by atomic mass is 10.2. The fourth-order valence-corrected chi connectivity index (χ4v) is 1.83. The van der Waals surface area contributed by atoms with Gasteiger partial charge in [0.15, 0.2) is 0 Å². The maximum atomic E-state index is 3.22. The lowest BCUT2D eigenvalue weighted by Gasteiger charge is -2.36. The van der Waals surface area contributed by atoms with Gasteiger partial charge in [0, 0.05) is 38.8 Å². The molecule has 0 saturated carbocycles. The Labute approximate surface area is 77.7 Å². The molecule has 2 unspecified atom stereocenters. The minimum Gasteiger partial charge on any atom is -0.318 e. The van der Waals surface area contributed by atoms with E-state index in [9.17, 15) is 0 Å². The monoisotopic (exact) mass is 189 g/mol. The highest BCUT2D eigenvalue weighted by Gasteiger charge is 2.17. The number of nitrogens with zero attached hydrogens (tertiary/aromatic N) is 2. The van der Waals surface area contributed by atoms with Crippen LogP contribution in [0.2, 0.25) is 0 Å². The van der Waals surface area contributed by atoms with E-state index in [1.54, 1.807) is 0 Å². The zero-order chi connectivity index (χ0) is 8.97. The Kier molecular flexibility index (Phi) is 4.44. The highest BCUT2D eigenvalue weighted by atomic mass is 31.0. The van der Waals surface area contributed by atoms with E-state index in [2.05, 4.69) is 31.2 Å². The molecule has 0 aromatic rings. The number of likely N-dealkylation sites (N-methyl/N-ethyl adjacent to an activating group) is 1. The molecule has 1 N–H and O–H groups in total. The third-order valence-corrected chi connectivity index (χ3v) is 2.99. The minimum absolute atomic E-state index is 0.675. The standard InChI is InChI=1S/C8H20N3P/c1-8(7-9-2)10-3-5-11(12)6-4-10/h8-9H,3-7,12H2,1-2H3. The molecule has 2 atom stereocenters. The molecule has 0 spiro atoms. The lowest BCUT2D eigenvalue weighted by molar-refractivity contribution is 0.150. The molecule has 3 nitrogen and oxygen atoms in total. The molecule has 0 aliphatic carbocycles. The summed E-state index contributed by atoms with van der Waals surface area (Å²) < 4.78 is 2.31. The minimum atomic E-state index is 0.675. The van der Waals surface area contributed by atoms with Gasteiger partial charge in [0.1, 0.15) is 0 Å². The van der Waals surface area contributed by atoms with Crippen LogP contribution in [0.1, 0.15) is 6.92 Å². The number of hydrogen-bond donors (Lipinski definition) is 1. The van der Waals surface area contributed by atoms with Crippen molar-refractivity contribution in [3.05, 3.63) is 0 Å². The molecule has 0 aromatic heterocycles. The second-order valence-corrected chi connectivity index (χ2v) is 4.21. The maximum absolute atomic E-state index is 3.22. The smallest absolute Gasteiger partial charge is 0.0193 e. The largest absolute Gasteiger partial charge is 0.318 e. The van der Waals surface area contributed by atoms with E-state index < -0.39 is 0 Å². The normalized spacial score (nSPS) is 24.2. The third kappa shape index (κ3) is 2.98. The maximum Gasteiger partial charge on any atom is 0.0193 e. The van der Waals surface area contributed by atoms with Gasteiger partial charge in [-0.3, -0.25) is 9.57 Å². The van der Waals surface area contributed by atoms with Crippen molar-refractivity contribution in [2.75, 3.05) is 39.8 Å². The topological polar surface area (TPSA) is 18.5 Å². The lowest BCUT2D eigenvalue weighted by Crippen LogP contribution is -2.49. The van der Waals surface area contributed by atoms with Crippen LogP contribution in [0, 0.1) is 0 Å². The molecule has 0 aromatic carbocycles. The molecule has 1 aliphatic heterocycles. The van der Waals surface area contributed by atoms with Gasteiger partial charge in [-0.1, -0.05) is 9.39 Å². The van der Waals surface area contributed by atoms with Crippen LogP contribution in [0.5, 0.6) is 0 Å². The fourth-order valence-electron chi connectivity index (χ4n) is 1.60. The van der Waals surface area contributed by atoms with Crippen LogP contribution in [0.15, 0.2) is 0 Å². The van der Waals surface area contributed by atoms with Crippen molar-refractivity contribution >= 4 is 9.39 Å². The molecular formula is C8H20N3P. The molecular weight excluding hydrogens is 169 g/mol. The first-order valence-corrected chi connectivity index (χ1v) is 5.14. The van der Waals surface area contributed by atoms with Gasteiger partial charge in [-0.25, -0.2) is 0 Å². The van der Waals surface area contributed by atoms with Gasteiger partial charge >= 0.3 is 0 Å². The molecule has 1 fully saturated rings. The van der Waals surface area contributed by atoms with Crippen LogP contribution in [-0.2, 0) is 0 Å². The van der Waals surface area contributed by atoms with Gasteiger partial charge in [0.2, 0.25) is 0 Å². The van der Waals surface area contributed by atoms with Crippen LogP contribution in [0.4, 0.5) is 0 Å². The summed E-state index contributed by atoms with van der Waals surface area (Å²) in [5.41, 5.74) is 0. The molecule has 1 rings (SSSR count). The molecule has 12 heavy (non-hydrogen) atoms. The molecule has 72 valence electrons. The van der Waals surface area contributed by atoms with E-state index in [0.29, 0.717) is 6.04 Å². The van der Waals surface area contributed by atoms with Crippen molar-refractivity contribution in [3.63, 3.8) is 0 Å². The summed E-state index contributed by atoms with van der Waals surface area (Å²) in [5, 5.41) is 3.22. The van der Waals surface area contributed by atoms with Crippen LogP contribution >= 0.6 is 9.39 Å². The Morgan fingerprint density at radius 3 is 2.42 bits per heavy atom. The molecule has 1 saturated heterocycles. The van der Waals surface area contributed by atoms with Crippen LogP contribution in [0.25, 0.3) is 0 Å². The summed E-state index contributed by atoms with van der Waals surface area (Å²) in [4.78, 5) is 2.54. The second kappa shape index (κ2) is 5.13. The fraction of sp³-hybridized carbons (Fsp3) is 1.00. The van der Waals surface area contributed by atoms with Crippen molar-refractivity contribution in [3.8, 4) is 0 Å². The molecule has 0 radical (unpaired) electrons. The first-order chi connectivity index (χ1) is 5.74. The second-order valence-electron chi connectivity index (χ2n) is 3.48. The van der Waals surface area contributed by atoms with E-state index in [0.717, 1.165) is 6.54 Å². The first-order valence-electron chi connectivity index (χ1n) is 4.62. The summed E-state index contributed by atoms with van der Waals surface area (Å²) in [7, 11) is 4.79. The van der Waals surface area contributed by atoms with Crippen molar-refractivity contribution < 1.29 is 0 Å². The quantitative estimate of drug-likeness (QED) is 0.631. The Bertz CT molecular complexity index is 123. The van der Waals surface area contributed by atoms with Gasteiger partial charge in [0.25, 0.3) is 0 Å². The summed E-state index contributed by atoms with van der Waals surface area (Å²) >= 11 is 0. The SMILES string of the molecule is CNCC(C)N1CCN(P)CC1. The van der Waals surface area contributed by atoms with Crippen molar-refractivity contribution in [1.82, 2.24) is 14.9 Å². The van der Waals surface area contributed by atoms with E-state index >= 15 is 0 Å². The Morgan fingerprint density at radius 1 is 1.33 bits per heavy atom. The van der Waals surface area contributed by atoms with Gasteiger partial charge < -0.3 is 5.32 Å². The van der Waals surface area contributed by atoms with Crippen LogP contribution in [0.3, 0.4) is 0 Å². The third-order valence-electron chi connectivity index (χ3n) is 2.47. The molecule has 0 bridgehead atoms.